The number of hydrogen-bond donors (Lipinski definition) is 1. The Morgan fingerprint density at radius 1 is 1.39 bits per heavy atom. The molecule has 2 rings (SSSR count). The van der Waals surface area contributed by atoms with E-state index in [1.807, 2.05) is 6.07 Å². The van der Waals surface area contributed by atoms with E-state index in [1.54, 1.807) is 23.1 Å². The molecule has 1 aliphatic heterocycles. The largest absolute Gasteiger partial charge is 0.480 e. The summed E-state index contributed by atoms with van der Waals surface area (Å²) in [5, 5.41) is 18.1. The molecule has 1 aliphatic rings. The molecule has 1 saturated heterocycles. The van der Waals surface area contributed by atoms with Gasteiger partial charge in [-0.1, -0.05) is 12.1 Å². The first-order valence-corrected chi connectivity index (χ1v) is 5.73. The molecule has 0 spiro atoms. The second kappa shape index (κ2) is 4.65. The van der Waals surface area contributed by atoms with Gasteiger partial charge < -0.3 is 10.0 Å². The molecule has 0 aromatic heterocycles. The van der Waals surface area contributed by atoms with Crippen molar-refractivity contribution in [3.8, 4) is 6.07 Å². The summed E-state index contributed by atoms with van der Waals surface area (Å²) in [4.78, 5) is 12.9. The Labute approximate surface area is 104 Å². The monoisotopic (exact) mass is 248 g/mol. The van der Waals surface area contributed by atoms with E-state index in [1.165, 1.54) is 6.07 Å². The van der Waals surface area contributed by atoms with E-state index < -0.39 is 11.4 Å². The summed E-state index contributed by atoms with van der Waals surface area (Å²) in [7, 11) is 0. The normalized spacial score (nSPS) is 18.1. The molecular weight excluding hydrogens is 235 g/mol. The van der Waals surface area contributed by atoms with Crippen molar-refractivity contribution in [3.05, 3.63) is 30.1 Å². The number of benzene rings is 1. The molecule has 5 heteroatoms. The standard InChI is InChI=1S/C13H13FN2O2/c14-10-3-1-2-4-11(10)16-7-5-13(9-15,6-8-16)12(17)18/h1-4H,5-8H2,(H,17,18). The van der Waals surface area contributed by atoms with Crippen LogP contribution in [0.25, 0.3) is 0 Å². The lowest BCUT2D eigenvalue weighted by Gasteiger charge is -2.36. The van der Waals surface area contributed by atoms with Crippen LogP contribution in [-0.2, 0) is 4.79 Å². The van der Waals surface area contributed by atoms with Crippen LogP contribution in [0.4, 0.5) is 10.1 Å². The van der Waals surface area contributed by atoms with Gasteiger partial charge in [0.15, 0.2) is 5.41 Å². The lowest BCUT2D eigenvalue weighted by molar-refractivity contribution is -0.146. The lowest BCUT2D eigenvalue weighted by Crippen LogP contribution is -2.43. The van der Waals surface area contributed by atoms with Gasteiger partial charge in [-0.05, 0) is 25.0 Å². The number of carbonyl (C=O) groups is 1. The molecule has 0 amide bonds. The van der Waals surface area contributed by atoms with Crippen LogP contribution in [0.1, 0.15) is 12.8 Å². The minimum atomic E-state index is -1.32. The molecule has 0 atom stereocenters. The maximum absolute atomic E-state index is 13.6. The topological polar surface area (TPSA) is 64.3 Å². The van der Waals surface area contributed by atoms with Gasteiger partial charge in [0.25, 0.3) is 0 Å². The van der Waals surface area contributed by atoms with E-state index in [9.17, 15) is 9.18 Å². The molecule has 1 N–H and O–H groups in total. The average molecular weight is 248 g/mol. The molecule has 0 aliphatic carbocycles. The van der Waals surface area contributed by atoms with Gasteiger partial charge in [0.1, 0.15) is 5.82 Å². The molecular formula is C13H13FN2O2. The first-order chi connectivity index (χ1) is 8.59. The number of nitrogens with zero attached hydrogens (tertiary/aromatic N) is 2. The smallest absolute Gasteiger partial charge is 0.324 e. The summed E-state index contributed by atoms with van der Waals surface area (Å²) in [6.07, 6.45) is 0.431. The fourth-order valence-electron chi connectivity index (χ4n) is 2.21. The molecule has 0 saturated carbocycles. The average Bonchev–Trinajstić information content (AvgIpc) is 2.39. The number of anilines is 1. The van der Waals surface area contributed by atoms with Crippen molar-refractivity contribution in [2.75, 3.05) is 18.0 Å². The summed E-state index contributed by atoms with van der Waals surface area (Å²) in [5.74, 6) is -1.41. The van der Waals surface area contributed by atoms with Gasteiger partial charge in [0.05, 0.1) is 11.8 Å². The minimum Gasteiger partial charge on any atom is -0.480 e. The van der Waals surface area contributed by atoms with Gasteiger partial charge in [0.2, 0.25) is 0 Å². The van der Waals surface area contributed by atoms with Crippen LogP contribution in [-0.4, -0.2) is 24.2 Å². The molecule has 94 valence electrons. The Balaban J connectivity index is 2.15. The lowest BCUT2D eigenvalue weighted by atomic mass is 9.80. The second-order valence-corrected chi connectivity index (χ2v) is 4.44. The van der Waals surface area contributed by atoms with Gasteiger partial charge >= 0.3 is 5.97 Å². The zero-order valence-electron chi connectivity index (χ0n) is 9.77. The molecule has 1 heterocycles. The maximum atomic E-state index is 13.6. The summed E-state index contributed by atoms with van der Waals surface area (Å²) < 4.78 is 13.6. The van der Waals surface area contributed by atoms with E-state index in [2.05, 4.69) is 0 Å². The molecule has 4 nitrogen and oxygen atoms in total. The third-order valence-electron chi connectivity index (χ3n) is 3.43. The summed E-state index contributed by atoms with van der Waals surface area (Å²) in [5.41, 5.74) is -0.851. The maximum Gasteiger partial charge on any atom is 0.324 e. The first-order valence-electron chi connectivity index (χ1n) is 5.73. The third-order valence-corrected chi connectivity index (χ3v) is 3.43. The fraction of sp³-hybridized carbons (Fsp3) is 0.385. The zero-order chi connectivity index (χ0) is 13.2. The first kappa shape index (κ1) is 12.4. The second-order valence-electron chi connectivity index (χ2n) is 4.44. The van der Waals surface area contributed by atoms with Crippen LogP contribution in [0, 0.1) is 22.6 Å². The highest BCUT2D eigenvalue weighted by atomic mass is 19.1. The van der Waals surface area contributed by atoms with E-state index in [0.717, 1.165) is 0 Å². The Hall–Kier alpha value is -2.09. The summed E-state index contributed by atoms with van der Waals surface area (Å²) in [6.45, 7) is 0.752. The predicted octanol–water partition coefficient (Wildman–Crippen LogP) is 2.02. The van der Waals surface area contributed by atoms with Crippen molar-refractivity contribution >= 4 is 11.7 Å². The van der Waals surface area contributed by atoms with Crippen LogP contribution in [0.15, 0.2) is 24.3 Å². The molecule has 1 aromatic carbocycles. The Kier molecular flexibility index (Phi) is 3.19. The number of carboxylic acids is 1. The number of para-hydroxylation sites is 1. The zero-order valence-corrected chi connectivity index (χ0v) is 9.77. The summed E-state index contributed by atoms with van der Waals surface area (Å²) >= 11 is 0. The van der Waals surface area contributed by atoms with Crippen molar-refractivity contribution in [1.29, 1.82) is 5.26 Å². The molecule has 18 heavy (non-hydrogen) atoms. The minimum absolute atomic E-state index is 0.215. The van der Waals surface area contributed by atoms with Gasteiger partial charge in [-0.2, -0.15) is 5.26 Å². The van der Waals surface area contributed by atoms with Gasteiger partial charge in [-0.3, -0.25) is 4.79 Å². The van der Waals surface area contributed by atoms with E-state index >= 15 is 0 Å². The van der Waals surface area contributed by atoms with Crippen molar-refractivity contribution in [1.82, 2.24) is 0 Å². The highest BCUT2D eigenvalue weighted by Crippen LogP contribution is 2.33. The molecule has 1 aromatic rings. The molecule has 1 fully saturated rings. The van der Waals surface area contributed by atoms with Gasteiger partial charge in [-0.15, -0.1) is 0 Å². The SMILES string of the molecule is N#CC1(C(=O)O)CCN(c2ccccc2F)CC1. The third kappa shape index (κ3) is 2.02. The number of nitriles is 1. The number of carboxylic acid groups (broad SMARTS) is 1. The van der Waals surface area contributed by atoms with Crippen molar-refractivity contribution in [2.24, 2.45) is 5.41 Å². The van der Waals surface area contributed by atoms with Crippen LogP contribution in [0.3, 0.4) is 0 Å². The van der Waals surface area contributed by atoms with Crippen molar-refractivity contribution in [3.63, 3.8) is 0 Å². The Morgan fingerprint density at radius 3 is 2.50 bits per heavy atom. The van der Waals surface area contributed by atoms with Crippen molar-refractivity contribution in [2.45, 2.75) is 12.8 Å². The van der Waals surface area contributed by atoms with Crippen LogP contribution in [0.2, 0.25) is 0 Å². The molecule has 0 unspecified atom stereocenters. The molecule has 0 bridgehead atoms. The predicted molar refractivity (Wildman–Crippen MR) is 63.5 cm³/mol. The Bertz CT molecular complexity index is 502. The fourth-order valence-corrected chi connectivity index (χ4v) is 2.21. The highest BCUT2D eigenvalue weighted by molar-refractivity contribution is 5.78. The van der Waals surface area contributed by atoms with E-state index in [-0.39, 0.29) is 18.7 Å². The highest BCUT2D eigenvalue weighted by Gasteiger charge is 2.42. The van der Waals surface area contributed by atoms with E-state index in [4.69, 9.17) is 10.4 Å². The van der Waals surface area contributed by atoms with Gasteiger partial charge in [-0.25, -0.2) is 4.39 Å². The van der Waals surface area contributed by atoms with E-state index in [0.29, 0.717) is 18.8 Å². The van der Waals surface area contributed by atoms with Crippen LogP contribution in [0.5, 0.6) is 0 Å². The van der Waals surface area contributed by atoms with Crippen LogP contribution >= 0.6 is 0 Å². The summed E-state index contributed by atoms with van der Waals surface area (Å²) in [6, 6.07) is 8.27. The number of hydrogen-bond acceptors (Lipinski definition) is 3. The van der Waals surface area contributed by atoms with Crippen molar-refractivity contribution < 1.29 is 14.3 Å². The van der Waals surface area contributed by atoms with Crippen LogP contribution < -0.4 is 4.90 Å². The number of aliphatic carboxylic acids is 1. The number of piperidine rings is 1. The number of rotatable bonds is 2. The molecule has 0 radical (unpaired) electrons. The van der Waals surface area contributed by atoms with Gasteiger partial charge in [0, 0.05) is 13.1 Å². The number of halogens is 1. The quantitative estimate of drug-likeness (QED) is 0.869. The Morgan fingerprint density at radius 2 is 2.00 bits per heavy atom.